The van der Waals surface area contributed by atoms with E-state index in [0.29, 0.717) is 6.04 Å². The van der Waals surface area contributed by atoms with Crippen LogP contribution in [0.3, 0.4) is 0 Å². The summed E-state index contributed by atoms with van der Waals surface area (Å²) < 4.78 is 5.81. The standard InChI is InChI=1S/C10H12O2Si/c1-13(2)7-9(11)8-5-3-4-6-10(8)12-13/h3-6H,7H2,1-2H3. The number of fused-ring (bicyclic) bond motifs is 1. The van der Waals surface area contributed by atoms with Crippen molar-refractivity contribution < 1.29 is 9.22 Å². The number of Topliss-reactive ketones (excluding diaryl/α,β-unsaturated/α-hetero) is 1. The van der Waals surface area contributed by atoms with Gasteiger partial charge in [0.1, 0.15) is 5.75 Å². The lowest BCUT2D eigenvalue weighted by Crippen LogP contribution is -2.40. The number of ketones is 1. The van der Waals surface area contributed by atoms with Gasteiger partial charge in [0.2, 0.25) is 0 Å². The van der Waals surface area contributed by atoms with Gasteiger partial charge in [-0.05, 0) is 25.2 Å². The molecule has 1 aliphatic heterocycles. The monoisotopic (exact) mass is 192 g/mol. The highest BCUT2D eigenvalue weighted by atomic mass is 28.4. The molecule has 0 saturated carbocycles. The Morgan fingerprint density at radius 1 is 1.31 bits per heavy atom. The van der Waals surface area contributed by atoms with Gasteiger partial charge < -0.3 is 4.43 Å². The number of hydrogen-bond donors (Lipinski definition) is 0. The van der Waals surface area contributed by atoms with Crippen molar-refractivity contribution in [1.29, 1.82) is 0 Å². The molecular weight excluding hydrogens is 180 g/mol. The molecular formula is C10H12O2Si. The largest absolute Gasteiger partial charge is 0.543 e. The van der Waals surface area contributed by atoms with Crippen molar-refractivity contribution >= 4 is 14.1 Å². The van der Waals surface area contributed by atoms with Crippen LogP contribution in [0.4, 0.5) is 0 Å². The molecule has 0 fully saturated rings. The van der Waals surface area contributed by atoms with E-state index in [-0.39, 0.29) is 5.78 Å². The lowest BCUT2D eigenvalue weighted by atomic mass is 10.1. The SMILES string of the molecule is C[Si]1(C)CC(=O)c2ccccc2O1. The smallest absolute Gasteiger partial charge is 0.252 e. The molecule has 1 aliphatic rings. The average Bonchev–Trinajstić information content (AvgIpc) is 2.02. The van der Waals surface area contributed by atoms with E-state index >= 15 is 0 Å². The van der Waals surface area contributed by atoms with Crippen molar-refractivity contribution in [3.8, 4) is 5.75 Å². The van der Waals surface area contributed by atoms with Crippen LogP contribution in [0.5, 0.6) is 5.75 Å². The molecule has 1 aromatic rings. The number of hydrogen-bond acceptors (Lipinski definition) is 2. The zero-order valence-electron chi connectivity index (χ0n) is 7.83. The van der Waals surface area contributed by atoms with Gasteiger partial charge in [0.15, 0.2) is 5.78 Å². The Morgan fingerprint density at radius 3 is 2.77 bits per heavy atom. The Kier molecular flexibility index (Phi) is 1.77. The van der Waals surface area contributed by atoms with E-state index in [4.69, 9.17) is 4.43 Å². The van der Waals surface area contributed by atoms with E-state index in [2.05, 4.69) is 13.1 Å². The first kappa shape index (κ1) is 8.50. The predicted octanol–water partition coefficient (Wildman–Crippen LogP) is 2.47. The van der Waals surface area contributed by atoms with E-state index < -0.39 is 8.32 Å². The lowest BCUT2D eigenvalue weighted by molar-refractivity contribution is 0.100. The van der Waals surface area contributed by atoms with Crippen LogP contribution in [0.1, 0.15) is 10.4 Å². The molecule has 0 N–H and O–H groups in total. The minimum atomic E-state index is -1.75. The highest BCUT2D eigenvalue weighted by Gasteiger charge is 2.34. The summed E-state index contributed by atoms with van der Waals surface area (Å²) in [7, 11) is -1.75. The minimum Gasteiger partial charge on any atom is -0.543 e. The second-order valence-corrected chi connectivity index (χ2v) is 8.03. The molecule has 0 spiro atoms. The normalized spacial score (nSPS) is 19.1. The molecule has 0 aromatic heterocycles. The second kappa shape index (κ2) is 2.70. The minimum absolute atomic E-state index is 0.235. The van der Waals surface area contributed by atoms with E-state index in [1.54, 1.807) is 0 Å². The van der Waals surface area contributed by atoms with Gasteiger partial charge in [-0.3, -0.25) is 4.79 Å². The summed E-state index contributed by atoms with van der Waals surface area (Å²) >= 11 is 0. The first-order valence-electron chi connectivity index (χ1n) is 4.40. The Morgan fingerprint density at radius 2 is 2.00 bits per heavy atom. The predicted molar refractivity (Wildman–Crippen MR) is 53.7 cm³/mol. The van der Waals surface area contributed by atoms with Crippen molar-refractivity contribution in [2.45, 2.75) is 19.1 Å². The molecule has 0 saturated heterocycles. The third-order valence-corrected chi connectivity index (χ3v) is 4.11. The van der Waals surface area contributed by atoms with Crippen LogP contribution in [0, 0.1) is 0 Å². The topological polar surface area (TPSA) is 26.3 Å². The van der Waals surface area contributed by atoms with Gasteiger partial charge in [-0.1, -0.05) is 12.1 Å². The number of para-hydroxylation sites is 1. The molecule has 1 heterocycles. The third kappa shape index (κ3) is 1.51. The van der Waals surface area contributed by atoms with Gasteiger partial charge in [0, 0.05) is 6.04 Å². The van der Waals surface area contributed by atoms with Crippen LogP contribution in [-0.2, 0) is 0 Å². The quantitative estimate of drug-likeness (QED) is 0.590. The summed E-state index contributed by atoms with van der Waals surface area (Å²) in [5.74, 6) is 1.01. The molecule has 0 atom stereocenters. The first-order valence-corrected chi connectivity index (χ1v) is 7.51. The van der Waals surface area contributed by atoms with Gasteiger partial charge >= 0.3 is 0 Å². The Hall–Kier alpha value is -1.09. The lowest BCUT2D eigenvalue weighted by Gasteiger charge is -2.29. The summed E-state index contributed by atoms with van der Waals surface area (Å²) in [6, 6.07) is 8.09. The van der Waals surface area contributed by atoms with Crippen LogP contribution in [0.2, 0.25) is 19.1 Å². The highest BCUT2D eigenvalue weighted by molar-refractivity contribution is 6.76. The Bertz CT molecular complexity index is 358. The molecule has 2 nitrogen and oxygen atoms in total. The van der Waals surface area contributed by atoms with Crippen molar-refractivity contribution in [2.24, 2.45) is 0 Å². The van der Waals surface area contributed by atoms with Gasteiger partial charge in [-0.15, -0.1) is 0 Å². The van der Waals surface area contributed by atoms with E-state index in [1.807, 2.05) is 24.3 Å². The van der Waals surface area contributed by atoms with Gasteiger partial charge in [-0.25, -0.2) is 0 Å². The highest BCUT2D eigenvalue weighted by Crippen LogP contribution is 2.30. The molecule has 2 rings (SSSR count). The summed E-state index contributed by atoms with van der Waals surface area (Å²) in [5, 5.41) is 0. The van der Waals surface area contributed by atoms with Crippen LogP contribution >= 0.6 is 0 Å². The van der Waals surface area contributed by atoms with Gasteiger partial charge in [0.05, 0.1) is 5.56 Å². The zero-order chi connectivity index (χ0) is 9.47. The average molecular weight is 192 g/mol. The zero-order valence-corrected chi connectivity index (χ0v) is 8.83. The van der Waals surface area contributed by atoms with E-state index in [1.165, 1.54) is 0 Å². The Balaban J connectivity index is 2.49. The molecule has 13 heavy (non-hydrogen) atoms. The maximum atomic E-state index is 11.7. The number of carbonyl (C=O) groups is 1. The third-order valence-electron chi connectivity index (χ3n) is 2.16. The summed E-state index contributed by atoms with van der Waals surface area (Å²) in [4.78, 5) is 11.7. The van der Waals surface area contributed by atoms with Crippen LogP contribution in [-0.4, -0.2) is 14.1 Å². The number of carbonyl (C=O) groups excluding carboxylic acids is 1. The number of benzene rings is 1. The first-order chi connectivity index (χ1) is 6.08. The van der Waals surface area contributed by atoms with Gasteiger partial charge in [0.25, 0.3) is 8.32 Å². The number of rotatable bonds is 0. The molecule has 0 bridgehead atoms. The molecule has 0 amide bonds. The fourth-order valence-corrected chi connectivity index (χ4v) is 3.41. The molecule has 1 aromatic carbocycles. The second-order valence-electron chi connectivity index (χ2n) is 3.96. The van der Waals surface area contributed by atoms with Crippen molar-refractivity contribution in [3.63, 3.8) is 0 Å². The fourth-order valence-electron chi connectivity index (χ4n) is 1.60. The maximum absolute atomic E-state index is 11.7. The van der Waals surface area contributed by atoms with Crippen LogP contribution in [0.25, 0.3) is 0 Å². The maximum Gasteiger partial charge on any atom is 0.252 e. The molecule has 68 valence electrons. The van der Waals surface area contributed by atoms with E-state index in [0.717, 1.165) is 11.3 Å². The van der Waals surface area contributed by atoms with Crippen LogP contribution in [0.15, 0.2) is 24.3 Å². The summed E-state index contributed by atoms with van der Waals surface area (Å²) in [6.07, 6.45) is 0. The summed E-state index contributed by atoms with van der Waals surface area (Å²) in [5.41, 5.74) is 0.745. The Labute approximate surface area is 78.7 Å². The van der Waals surface area contributed by atoms with Crippen molar-refractivity contribution in [2.75, 3.05) is 0 Å². The van der Waals surface area contributed by atoms with Crippen LogP contribution < -0.4 is 4.43 Å². The summed E-state index contributed by atoms with van der Waals surface area (Å²) in [6.45, 7) is 4.14. The van der Waals surface area contributed by atoms with Crippen molar-refractivity contribution in [3.05, 3.63) is 29.8 Å². The fraction of sp³-hybridized carbons (Fsp3) is 0.300. The van der Waals surface area contributed by atoms with Gasteiger partial charge in [-0.2, -0.15) is 0 Å². The molecule has 0 aliphatic carbocycles. The van der Waals surface area contributed by atoms with E-state index in [9.17, 15) is 4.79 Å². The molecule has 0 radical (unpaired) electrons. The molecule has 0 unspecified atom stereocenters. The molecule has 3 heteroatoms. The van der Waals surface area contributed by atoms with Crippen molar-refractivity contribution in [1.82, 2.24) is 0 Å².